The highest BCUT2D eigenvalue weighted by molar-refractivity contribution is 6.30. The maximum absolute atomic E-state index is 13.3. The van der Waals surface area contributed by atoms with E-state index >= 15 is 0 Å². The Bertz CT molecular complexity index is 1520. The van der Waals surface area contributed by atoms with E-state index in [4.69, 9.17) is 16.0 Å². The van der Waals surface area contributed by atoms with Crippen molar-refractivity contribution in [2.75, 3.05) is 0 Å². The van der Waals surface area contributed by atoms with Crippen molar-refractivity contribution >= 4 is 28.5 Å². The number of imidazole rings is 2. The Kier molecular flexibility index (Phi) is 4.18. The lowest BCUT2D eigenvalue weighted by Gasteiger charge is -2.08. The molecule has 8 nitrogen and oxygen atoms in total. The van der Waals surface area contributed by atoms with Crippen molar-refractivity contribution in [3.63, 3.8) is 0 Å². The summed E-state index contributed by atoms with van der Waals surface area (Å²) in [6, 6.07) is 10.8. The normalized spacial score (nSPS) is 11.7. The molecule has 30 heavy (non-hydrogen) atoms. The van der Waals surface area contributed by atoms with E-state index in [0.717, 1.165) is 17.0 Å². The summed E-state index contributed by atoms with van der Waals surface area (Å²) in [6.45, 7) is 2.54. The van der Waals surface area contributed by atoms with Crippen LogP contribution < -0.4 is 11.2 Å². The van der Waals surface area contributed by atoms with Crippen LogP contribution in [0.2, 0.25) is 5.02 Å². The Balaban J connectivity index is 1.74. The van der Waals surface area contributed by atoms with Gasteiger partial charge in [-0.1, -0.05) is 23.7 Å². The van der Waals surface area contributed by atoms with Crippen LogP contribution in [0.5, 0.6) is 0 Å². The second kappa shape index (κ2) is 6.77. The predicted octanol–water partition coefficient (Wildman–Crippen LogP) is 2.80. The summed E-state index contributed by atoms with van der Waals surface area (Å²) in [7, 11) is 1.62. The molecule has 5 rings (SSSR count). The summed E-state index contributed by atoms with van der Waals surface area (Å²) in [6.07, 6.45) is 3.47. The average Bonchev–Trinajstić information content (AvgIpc) is 3.42. The fourth-order valence-corrected chi connectivity index (χ4v) is 3.98. The van der Waals surface area contributed by atoms with Gasteiger partial charge in [0.15, 0.2) is 11.2 Å². The van der Waals surface area contributed by atoms with Crippen LogP contribution in [-0.2, 0) is 20.1 Å². The van der Waals surface area contributed by atoms with Crippen LogP contribution >= 0.6 is 11.6 Å². The Morgan fingerprint density at radius 1 is 1.10 bits per heavy atom. The number of hydrogen-bond acceptors (Lipinski definition) is 4. The molecule has 0 bridgehead atoms. The number of aryl methyl sites for hydroxylation is 2. The minimum absolute atomic E-state index is 0.126. The second-order valence-electron chi connectivity index (χ2n) is 7.25. The number of fused-ring (bicyclic) bond motifs is 3. The quantitative estimate of drug-likeness (QED) is 0.445. The third kappa shape index (κ3) is 2.80. The number of aromatic nitrogens is 5. The van der Waals surface area contributed by atoms with Gasteiger partial charge in [0.1, 0.15) is 5.76 Å². The van der Waals surface area contributed by atoms with Crippen LogP contribution in [0.15, 0.2) is 62.9 Å². The van der Waals surface area contributed by atoms with E-state index in [-0.39, 0.29) is 6.54 Å². The van der Waals surface area contributed by atoms with Gasteiger partial charge in [-0.15, -0.1) is 0 Å². The zero-order valence-corrected chi connectivity index (χ0v) is 17.1. The average molecular weight is 424 g/mol. The van der Waals surface area contributed by atoms with Crippen molar-refractivity contribution in [2.45, 2.75) is 20.0 Å². The molecule has 4 heterocycles. The Morgan fingerprint density at radius 2 is 1.93 bits per heavy atom. The zero-order valence-electron chi connectivity index (χ0n) is 16.4. The summed E-state index contributed by atoms with van der Waals surface area (Å²) >= 11 is 6.06. The van der Waals surface area contributed by atoms with Crippen LogP contribution in [0.1, 0.15) is 17.0 Å². The van der Waals surface area contributed by atoms with Crippen molar-refractivity contribution in [3.05, 3.63) is 91.7 Å². The van der Waals surface area contributed by atoms with Crippen LogP contribution in [0.4, 0.5) is 0 Å². The van der Waals surface area contributed by atoms with Crippen LogP contribution in [0, 0.1) is 6.92 Å². The van der Waals surface area contributed by atoms with Gasteiger partial charge in [-0.05, 0) is 36.8 Å². The summed E-state index contributed by atoms with van der Waals surface area (Å²) < 4.78 is 11.8. The molecule has 0 aliphatic heterocycles. The smallest absolute Gasteiger partial charge is 0.332 e. The maximum atomic E-state index is 13.3. The Labute approximate surface area is 175 Å². The molecular weight excluding hydrogens is 406 g/mol. The number of furan rings is 1. The number of nitrogens with zero attached hydrogens (tertiary/aromatic N) is 5. The monoisotopic (exact) mass is 423 g/mol. The number of benzene rings is 1. The third-order valence-corrected chi connectivity index (χ3v) is 5.50. The molecule has 0 aliphatic rings. The highest BCUT2D eigenvalue weighted by Crippen LogP contribution is 2.18. The van der Waals surface area contributed by atoms with E-state index < -0.39 is 11.2 Å². The molecule has 0 saturated heterocycles. The molecule has 0 saturated carbocycles. The molecule has 0 unspecified atom stereocenters. The summed E-state index contributed by atoms with van der Waals surface area (Å²) in [4.78, 5) is 30.9. The lowest BCUT2D eigenvalue weighted by molar-refractivity contribution is 0.494. The van der Waals surface area contributed by atoms with E-state index in [2.05, 4.69) is 4.98 Å². The predicted molar refractivity (Wildman–Crippen MR) is 113 cm³/mol. The molecule has 0 fully saturated rings. The van der Waals surface area contributed by atoms with Gasteiger partial charge in [-0.2, -0.15) is 4.98 Å². The van der Waals surface area contributed by atoms with Gasteiger partial charge in [0.2, 0.25) is 5.78 Å². The fraction of sp³-hybridized carbons (Fsp3) is 0.190. The van der Waals surface area contributed by atoms with Gasteiger partial charge in [0.25, 0.3) is 5.56 Å². The Morgan fingerprint density at radius 3 is 2.67 bits per heavy atom. The van der Waals surface area contributed by atoms with Crippen molar-refractivity contribution in [1.29, 1.82) is 0 Å². The molecule has 0 atom stereocenters. The first-order chi connectivity index (χ1) is 14.4. The molecule has 0 N–H and O–H groups in total. The third-order valence-electron chi connectivity index (χ3n) is 5.26. The van der Waals surface area contributed by atoms with Gasteiger partial charge in [0, 0.05) is 24.0 Å². The molecule has 1 aromatic carbocycles. The molecule has 152 valence electrons. The maximum Gasteiger partial charge on any atom is 0.332 e. The molecule has 0 radical (unpaired) electrons. The molecule has 0 aliphatic carbocycles. The Hall–Kier alpha value is -3.52. The van der Waals surface area contributed by atoms with Gasteiger partial charge in [-0.25, -0.2) is 4.79 Å². The van der Waals surface area contributed by atoms with Crippen LogP contribution in [0.3, 0.4) is 0 Å². The van der Waals surface area contributed by atoms with Crippen molar-refractivity contribution in [3.8, 4) is 0 Å². The number of hydrogen-bond donors (Lipinski definition) is 0. The first-order valence-corrected chi connectivity index (χ1v) is 9.76. The van der Waals surface area contributed by atoms with Gasteiger partial charge in [-0.3, -0.25) is 18.3 Å². The van der Waals surface area contributed by atoms with E-state index in [1.54, 1.807) is 35.9 Å². The largest absolute Gasteiger partial charge is 0.467 e. The molecule has 0 spiro atoms. The standard InChI is InChI=1S/C21H18ClN5O3/c1-13-10-26-17-18(23-20(26)25(13)12-16-7-4-8-30-16)24(2)21(29)27(19(17)28)11-14-5-3-6-15(22)9-14/h3-10H,11-12H2,1-2H3. The summed E-state index contributed by atoms with van der Waals surface area (Å²) in [5.41, 5.74) is 1.57. The van der Waals surface area contributed by atoms with Crippen molar-refractivity contribution < 1.29 is 4.42 Å². The molecule has 5 aromatic rings. The van der Waals surface area contributed by atoms with Crippen LogP contribution in [0.25, 0.3) is 16.9 Å². The van der Waals surface area contributed by atoms with Crippen LogP contribution in [-0.4, -0.2) is 23.1 Å². The molecule has 9 heteroatoms. The van der Waals surface area contributed by atoms with Crippen molar-refractivity contribution in [2.24, 2.45) is 7.05 Å². The SMILES string of the molecule is Cc1cn2c3c(=O)n(Cc4cccc(Cl)c4)c(=O)n(C)c3nc2n1Cc1ccco1. The first kappa shape index (κ1) is 18.5. The first-order valence-electron chi connectivity index (χ1n) is 9.38. The fourth-order valence-electron chi connectivity index (χ4n) is 3.77. The number of rotatable bonds is 4. The minimum atomic E-state index is -0.428. The van der Waals surface area contributed by atoms with E-state index in [1.807, 2.05) is 35.9 Å². The lowest BCUT2D eigenvalue weighted by Crippen LogP contribution is -2.39. The van der Waals surface area contributed by atoms with E-state index in [1.165, 1.54) is 9.13 Å². The van der Waals surface area contributed by atoms with E-state index in [9.17, 15) is 9.59 Å². The summed E-state index contributed by atoms with van der Waals surface area (Å²) in [5, 5.41) is 0.552. The summed E-state index contributed by atoms with van der Waals surface area (Å²) in [5.74, 6) is 1.35. The van der Waals surface area contributed by atoms with Crippen molar-refractivity contribution in [1.82, 2.24) is 23.1 Å². The zero-order chi connectivity index (χ0) is 21.0. The lowest BCUT2D eigenvalue weighted by atomic mass is 10.2. The van der Waals surface area contributed by atoms with Gasteiger partial charge in [0.05, 0.1) is 19.4 Å². The topological polar surface area (TPSA) is 79.4 Å². The number of halogens is 1. The highest BCUT2D eigenvalue weighted by Gasteiger charge is 2.20. The van der Waals surface area contributed by atoms with Gasteiger partial charge < -0.3 is 8.98 Å². The van der Waals surface area contributed by atoms with Gasteiger partial charge >= 0.3 is 5.69 Å². The molecular formula is C21H18ClN5O3. The molecule has 4 aromatic heterocycles. The van der Waals surface area contributed by atoms with E-state index in [0.29, 0.717) is 28.5 Å². The minimum Gasteiger partial charge on any atom is -0.467 e. The highest BCUT2D eigenvalue weighted by atomic mass is 35.5. The second-order valence-corrected chi connectivity index (χ2v) is 7.69. The molecule has 0 amide bonds.